The van der Waals surface area contributed by atoms with Gasteiger partial charge in [0.2, 0.25) is 0 Å². The molecule has 0 atom stereocenters. The summed E-state index contributed by atoms with van der Waals surface area (Å²) in [6, 6.07) is 7.55. The standard InChI is InChI=1S/C18H20N6OS/c1-2-23-8-7-15-16(10-23)26-18(21-15)22-17(25)14-6-4-3-5-13(14)9-24-12-19-11-20-24/h3-6,11-12H,2,7-10H2,1H3,(H,21,22,25). The summed E-state index contributed by atoms with van der Waals surface area (Å²) in [6.07, 6.45) is 4.07. The van der Waals surface area contributed by atoms with Gasteiger partial charge in [-0.25, -0.2) is 14.6 Å². The fourth-order valence-electron chi connectivity index (χ4n) is 3.10. The van der Waals surface area contributed by atoms with Gasteiger partial charge in [0.1, 0.15) is 12.7 Å². The van der Waals surface area contributed by atoms with Crippen LogP contribution in [-0.2, 0) is 19.5 Å². The van der Waals surface area contributed by atoms with Crippen LogP contribution in [0, 0.1) is 0 Å². The summed E-state index contributed by atoms with van der Waals surface area (Å²) < 4.78 is 1.70. The Kier molecular flexibility index (Phi) is 4.77. The van der Waals surface area contributed by atoms with Crippen LogP contribution in [0.15, 0.2) is 36.9 Å². The molecule has 0 saturated heterocycles. The van der Waals surface area contributed by atoms with Gasteiger partial charge in [-0.15, -0.1) is 11.3 Å². The number of fused-ring (bicyclic) bond motifs is 1. The zero-order valence-electron chi connectivity index (χ0n) is 14.6. The number of anilines is 1. The minimum Gasteiger partial charge on any atom is -0.298 e. The summed E-state index contributed by atoms with van der Waals surface area (Å²) in [5, 5.41) is 7.76. The van der Waals surface area contributed by atoms with Crippen molar-refractivity contribution in [2.75, 3.05) is 18.4 Å². The van der Waals surface area contributed by atoms with E-state index in [-0.39, 0.29) is 5.91 Å². The Labute approximate surface area is 155 Å². The van der Waals surface area contributed by atoms with Crippen LogP contribution in [-0.4, -0.2) is 43.6 Å². The van der Waals surface area contributed by atoms with Crippen LogP contribution in [0.3, 0.4) is 0 Å². The first-order valence-corrected chi connectivity index (χ1v) is 9.47. The monoisotopic (exact) mass is 368 g/mol. The third kappa shape index (κ3) is 3.51. The Balaban J connectivity index is 1.52. The number of nitrogens with zero attached hydrogens (tertiary/aromatic N) is 5. The number of carbonyl (C=O) groups is 1. The average Bonchev–Trinajstić information content (AvgIpc) is 3.30. The molecule has 26 heavy (non-hydrogen) atoms. The lowest BCUT2D eigenvalue weighted by Gasteiger charge is -2.23. The van der Waals surface area contributed by atoms with Crippen LogP contribution in [0.4, 0.5) is 5.13 Å². The summed E-state index contributed by atoms with van der Waals surface area (Å²) in [6.45, 7) is 5.66. The minimum atomic E-state index is -0.140. The number of hydrogen-bond acceptors (Lipinski definition) is 6. The first kappa shape index (κ1) is 16.9. The number of aromatic nitrogens is 4. The fourth-order valence-corrected chi connectivity index (χ4v) is 4.15. The van der Waals surface area contributed by atoms with Crippen molar-refractivity contribution in [3.05, 3.63) is 58.6 Å². The quantitative estimate of drug-likeness (QED) is 0.748. The number of benzene rings is 1. The Morgan fingerprint density at radius 2 is 2.23 bits per heavy atom. The molecule has 0 saturated carbocycles. The molecule has 1 aromatic carbocycles. The topological polar surface area (TPSA) is 75.9 Å². The van der Waals surface area contributed by atoms with Crippen molar-refractivity contribution in [1.82, 2.24) is 24.6 Å². The van der Waals surface area contributed by atoms with E-state index in [0.717, 1.165) is 37.3 Å². The molecule has 1 aliphatic rings. The van der Waals surface area contributed by atoms with Gasteiger partial charge in [0.15, 0.2) is 5.13 Å². The van der Waals surface area contributed by atoms with Crippen molar-refractivity contribution in [1.29, 1.82) is 0 Å². The number of amides is 1. The van der Waals surface area contributed by atoms with Gasteiger partial charge >= 0.3 is 0 Å². The minimum absolute atomic E-state index is 0.140. The summed E-state index contributed by atoms with van der Waals surface area (Å²) in [7, 11) is 0. The molecule has 0 radical (unpaired) electrons. The second-order valence-corrected chi connectivity index (χ2v) is 7.30. The normalized spacial score (nSPS) is 14.2. The second-order valence-electron chi connectivity index (χ2n) is 6.21. The maximum atomic E-state index is 12.8. The van der Waals surface area contributed by atoms with Gasteiger partial charge in [-0.3, -0.25) is 15.0 Å². The first-order valence-electron chi connectivity index (χ1n) is 8.65. The molecule has 134 valence electrons. The van der Waals surface area contributed by atoms with Crippen LogP contribution < -0.4 is 5.32 Å². The Morgan fingerprint density at radius 1 is 1.35 bits per heavy atom. The van der Waals surface area contributed by atoms with Crippen molar-refractivity contribution >= 4 is 22.4 Å². The van der Waals surface area contributed by atoms with E-state index in [4.69, 9.17) is 0 Å². The highest BCUT2D eigenvalue weighted by molar-refractivity contribution is 7.15. The van der Waals surface area contributed by atoms with E-state index >= 15 is 0 Å². The molecule has 3 heterocycles. The van der Waals surface area contributed by atoms with Crippen LogP contribution in [0.2, 0.25) is 0 Å². The molecule has 0 bridgehead atoms. The van der Waals surface area contributed by atoms with E-state index in [9.17, 15) is 4.79 Å². The van der Waals surface area contributed by atoms with Gasteiger partial charge in [0, 0.05) is 30.0 Å². The predicted octanol–water partition coefficient (Wildman–Crippen LogP) is 2.41. The smallest absolute Gasteiger partial charge is 0.257 e. The molecular weight excluding hydrogens is 348 g/mol. The van der Waals surface area contributed by atoms with E-state index < -0.39 is 0 Å². The summed E-state index contributed by atoms with van der Waals surface area (Å²) >= 11 is 1.58. The number of nitrogens with one attached hydrogen (secondary N) is 1. The third-order valence-corrected chi connectivity index (χ3v) is 5.54. The highest BCUT2D eigenvalue weighted by Crippen LogP contribution is 2.28. The number of hydrogen-bond donors (Lipinski definition) is 1. The average molecular weight is 368 g/mol. The Hall–Kier alpha value is -2.58. The lowest BCUT2D eigenvalue weighted by atomic mass is 10.1. The van der Waals surface area contributed by atoms with Gasteiger partial charge < -0.3 is 0 Å². The van der Waals surface area contributed by atoms with Gasteiger partial charge in [-0.1, -0.05) is 25.1 Å². The van der Waals surface area contributed by atoms with Gasteiger partial charge in [0.25, 0.3) is 5.91 Å². The van der Waals surface area contributed by atoms with Crippen molar-refractivity contribution < 1.29 is 4.79 Å². The van der Waals surface area contributed by atoms with Crippen LogP contribution in [0.1, 0.15) is 33.4 Å². The Bertz CT molecular complexity index is 904. The highest BCUT2D eigenvalue weighted by atomic mass is 32.1. The maximum Gasteiger partial charge on any atom is 0.257 e. The lowest BCUT2D eigenvalue weighted by molar-refractivity contribution is 0.102. The molecule has 4 rings (SSSR count). The van der Waals surface area contributed by atoms with Crippen molar-refractivity contribution in [2.24, 2.45) is 0 Å². The van der Waals surface area contributed by atoms with Gasteiger partial charge in [-0.05, 0) is 18.2 Å². The van der Waals surface area contributed by atoms with Crippen molar-refractivity contribution in [2.45, 2.75) is 26.4 Å². The molecule has 0 fully saturated rings. The fraction of sp³-hybridized carbons (Fsp3) is 0.333. The zero-order chi connectivity index (χ0) is 17.9. The summed E-state index contributed by atoms with van der Waals surface area (Å²) in [5.74, 6) is -0.140. The van der Waals surface area contributed by atoms with Crippen molar-refractivity contribution in [3.8, 4) is 0 Å². The molecule has 8 heteroatoms. The van der Waals surface area contributed by atoms with Crippen LogP contribution in [0.25, 0.3) is 0 Å². The van der Waals surface area contributed by atoms with E-state index in [1.165, 1.54) is 11.2 Å². The molecule has 1 N–H and O–H groups in total. The van der Waals surface area contributed by atoms with Crippen molar-refractivity contribution in [3.63, 3.8) is 0 Å². The highest BCUT2D eigenvalue weighted by Gasteiger charge is 2.21. The van der Waals surface area contributed by atoms with E-state index in [0.29, 0.717) is 17.2 Å². The predicted molar refractivity (Wildman–Crippen MR) is 100 cm³/mol. The molecule has 7 nitrogen and oxygen atoms in total. The number of likely N-dealkylation sites (N-methyl/N-ethyl adjacent to an activating group) is 1. The third-order valence-electron chi connectivity index (χ3n) is 4.54. The van der Waals surface area contributed by atoms with E-state index in [1.807, 2.05) is 24.3 Å². The molecular formula is C18H20N6OS. The zero-order valence-corrected chi connectivity index (χ0v) is 15.4. The Morgan fingerprint density at radius 3 is 3.04 bits per heavy atom. The largest absolute Gasteiger partial charge is 0.298 e. The van der Waals surface area contributed by atoms with E-state index in [1.54, 1.807) is 22.3 Å². The molecule has 2 aromatic heterocycles. The molecule has 0 aliphatic carbocycles. The molecule has 1 amide bonds. The van der Waals surface area contributed by atoms with Gasteiger partial charge in [-0.2, -0.15) is 5.10 Å². The molecule has 1 aliphatic heterocycles. The SMILES string of the molecule is CCN1CCc2nc(NC(=O)c3ccccc3Cn3cncn3)sc2C1. The number of thiazole rings is 1. The lowest BCUT2D eigenvalue weighted by Crippen LogP contribution is -2.29. The summed E-state index contributed by atoms with van der Waals surface area (Å²) in [5.41, 5.74) is 2.64. The first-order chi connectivity index (χ1) is 12.7. The molecule has 0 spiro atoms. The molecule has 0 unspecified atom stereocenters. The maximum absolute atomic E-state index is 12.8. The van der Waals surface area contributed by atoms with E-state index in [2.05, 4.69) is 32.2 Å². The van der Waals surface area contributed by atoms with Crippen LogP contribution in [0.5, 0.6) is 0 Å². The summed E-state index contributed by atoms with van der Waals surface area (Å²) in [4.78, 5) is 25.0. The molecule has 3 aromatic rings. The van der Waals surface area contributed by atoms with Gasteiger partial charge in [0.05, 0.1) is 12.2 Å². The second kappa shape index (κ2) is 7.35. The number of rotatable bonds is 5. The van der Waals surface area contributed by atoms with Crippen LogP contribution >= 0.6 is 11.3 Å². The number of carbonyl (C=O) groups excluding carboxylic acids is 1.